The first-order valence-corrected chi connectivity index (χ1v) is 9.11. The Balaban J connectivity index is 1.74. The number of anilines is 1. The number of rotatable bonds is 8. The van der Waals surface area contributed by atoms with Crippen LogP contribution in [0.4, 0.5) is 5.69 Å². The maximum atomic E-state index is 12.2. The highest BCUT2D eigenvalue weighted by Gasteiger charge is 2.34. The molecular weight excluding hydrogens is 318 g/mol. The van der Waals surface area contributed by atoms with Crippen molar-refractivity contribution in [2.75, 3.05) is 45.3 Å². The van der Waals surface area contributed by atoms with E-state index in [4.69, 9.17) is 9.47 Å². The standard InChI is InChI=1S/C19H31N3O3/c1-15(20-14-19(2,3)22-9-11-25-12-10-22)13-18(23)21-16-5-7-17(24-4)8-6-16/h5-8,15,20H,9-14H2,1-4H3,(H,21,23)/p+2/t15-/m1/s1. The normalized spacial score (nSPS) is 17.1. The number of morpholine rings is 1. The zero-order valence-electron chi connectivity index (χ0n) is 15.9. The molecule has 1 aliphatic heterocycles. The van der Waals surface area contributed by atoms with Crippen LogP contribution >= 0.6 is 0 Å². The van der Waals surface area contributed by atoms with Crippen LogP contribution in [0.1, 0.15) is 27.2 Å². The molecule has 140 valence electrons. The number of amides is 1. The largest absolute Gasteiger partial charge is 0.497 e. The van der Waals surface area contributed by atoms with Gasteiger partial charge in [0.1, 0.15) is 30.9 Å². The molecule has 1 atom stereocenters. The van der Waals surface area contributed by atoms with Crippen molar-refractivity contribution in [3.8, 4) is 5.75 Å². The molecule has 4 N–H and O–H groups in total. The number of carbonyl (C=O) groups is 1. The van der Waals surface area contributed by atoms with Crippen LogP contribution in [0.2, 0.25) is 0 Å². The van der Waals surface area contributed by atoms with Crippen molar-refractivity contribution in [1.82, 2.24) is 0 Å². The van der Waals surface area contributed by atoms with Gasteiger partial charge in [-0.05, 0) is 45.0 Å². The predicted molar refractivity (Wildman–Crippen MR) is 98.1 cm³/mol. The monoisotopic (exact) mass is 351 g/mol. The number of methoxy groups -OCH3 is 1. The summed E-state index contributed by atoms with van der Waals surface area (Å²) < 4.78 is 10.6. The van der Waals surface area contributed by atoms with Gasteiger partial charge in [-0.25, -0.2) is 0 Å². The SMILES string of the molecule is COc1ccc(NC(=O)C[C@@H](C)[NH2+]CC(C)(C)[NH+]2CCOCC2)cc1. The van der Waals surface area contributed by atoms with Gasteiger partial charge >= 0.3 is 0 Å². The van der Waals surface area contributed by atoms with Crippen LogP contribution in [0, 0.1) is 0 Å². The average molecular weight is 351 g/mol. The Bertz CT molecular complexity index is 539. The highest BCUT2D eigenvalue weighted by atomic mass is 16.5. The molecule has 1 saturated heterocycles. The molecule has 1 heterocycles. The molecule has 6 nitrogen and oxygen atoms in total. The molecule has 25 heavy (non-hydrogen) atoms. The van der Waals surface area contributed by atoms with Crippen LogP contribution < -0.4 is 20.3 Å². The topological polar surface area (TPSA) is 68.6 Å². The van der Waals surface area contributed by atoms with Crippen LogP contribution in [0.5, 0.6) is 5.75 Å². The van der Waals surface area contributed by atoms with Gasteiger partial charge in [0.2, 0.25) is 5.91 Å². The Morgan fingerprint density at radius 1 is 1.32 bits per heavy atom. The fourth-order valence-electron chi connectivity index (χ4n) is 3.20. The maximum absolute atomic E-state index is 12.2. The fraction of sp³-hybridized carbons (Fsp3) is 0.632. The van der Waals surface area contributed by atoms with E-state index in [0.717, 1.165) is 44.3 Å². The number of hydrogen-bond acceptors (Lipinski definition) is 3. The van der Waals surface area contributed by atoms with Gasteiger partial charge in [0, 0.05) is 5.69 Å². The lowest BCUT2D eigenvalue weighted by atomic mass is 10.0. The van der Waals surface area contributed by atoms with Crippen molar-refractivity contribution in [2.45, 2.75) is 38.8 Å². The van der Waals surface area contributed by atoms with Gasteiger partial charge in [-0.2, -0.15) is 0 Å². The van der Waals surface area contributed by atoms with E-state index in [9.17, 15) is 4.79 Å². The first-order chi connectivity index (χ1) is 11.9. The van der Waals surface area contributed by atoms with Crippen LogP contribution in [0.25, 0.3) is 0 Å². The number of benzene rings is 1. The number of hydrogen-bond donors (Lipinski definition) is 3. The third kappa shape index (κ3) is 6.30. The summed E-state index contributed by atoms with van der Waals surface area (Å²) >= 11 is 0. The van der Waals surface area contributed by atoms with Gasteiger partial charge in [-0.3, -0.25) is 4.79 Å². The van der Waals surface area contributed by atoms with Crippen molar-refractivity contribution in [3.05, 3.63) is 24.3 Å². The summed E-state index contributed by atoms with van der Waals surface area (Å²) in [7, 11) is 1.63. The van der Waals surface area contributed by atoms with Crippen molar-refractivity contribution in [3.63, 3.8) is 0 Å². The number of quaternary nitrogens is 2. The average Bonchev–Trinajstić information content (AvgIpc) is 2.61. The molecule has 0 unspecified atom stereocenters. The third-order valence-electron chi connectivity index (χ3n) is 4.97. The maximum Gasteiger partial charge on any atom is 0.230 e. The van der Waals surface area contributed by atoms with E-state index in [1.165, 1.54) is 0 Å². The van der Waals surface area contributed by atoms with Gasteiger partial charge in [0.25, 0.3) is 0 Å². The first kappa shape index (κ1) is 19.7. The van der Waals surface area contributed by atoms with Crippen molar-refractivity contribution < 1.29 is 24.5 Å². The summed E-state index contributed by atoms with van der Waals surface area (Å²) in [4.78, 5) is 13.8. The van der Waals surface area contributed by atoms with Gasteiger partial charge in [-0.1, -0.05) is 0 Å². The van der Waals surface area contributed by atoms with Crippen molar-refractivity contribution in [1.29, 1.82) is 0 Å². The fourth-order valence-corrected chi connectivity index (χ4v) is 3.20. The van der Waals surface area contributed by atoms with Crippen molar-refractivity contribution >= 4 is 11.6 Å². The molecular formula is C19H33N3O3+2. The summed E-state index contributed by atoms with van der Waals surface area (Å²) in [5, 5.41) is 5.24. The number of ether oxygens (including phenoxy) is 2. The first-order valence-electron chi connectivity index (χ1n) is 9.11. The zero-order valence-corrected chi connectivity index (χ0v) is 15.9. The van der Waals surface area contributed by atoms with Crippen LogP contribution in [0.3, 0.4) is 0 Å². The van der Waals surface area contributed by atoms with Gasteiger partial charge < -0.3 is 25.0 Å². The Hall–Kier alpha value is -1.63. The van der Waals surface area contributed by atoms with Gasteiger partial charge in [0.05, 0.1) is 32.8 Å². The molecule has 1 aromatic carbocycles. The number of carbonyl (C=O) groups excluding carboxylic acids is 1. The van der Waals surface area contributed by atoms with E-state index in [-0.39, 0.29) is 17.5 Å². The minimum absolute atomic E-state index is 0.0467. The predicted octanol–water partition coefficient (Wildman–Crippen LogP) is -0.331. The van der Waals surface area contributed by atoms with E-state index in [2.05, 4.69) is 31.4 Å². The van der Waals surface area contributed by atoms with Crippen molar-refractivity contribution in [2.24, 2.45) is 0 Å². The summed E-state index contributed by atoms with van der Waals surface area (Å²) in [5.41, 5.74) is 0.987. The second-order valence-corrected chi connectivity index (χ2v) is 7.50. The highest BCUT2D eigenvalue weighted by Crippen LogP contribution is 2.15. The smallest absolute Gasteiger partial charge is 0.230 e. The van der Waals surface area contributed by atoms with E-state index >= 15 is 0 Å². The van der Waals surface area contributed by atoms with E-state index in [1.54, 1.807) is 12.0 Å². The third-order valence-corrected chi connectivity index (χ3v) is 4.97. The second-order valence-electron chi connectivity index (χ2n) is 7.50. The van der Waals surface area contributed by atoms with Crippen LogP contribution in [-0.2, 0) is 9.53 Å². The van der Waals surface area contributed by atoms with Crippen LogP contribution in [-0.4, -0.2) is 57.4 Å². The molecule has 2 rings (SSSR count). The molecule has 1 aromatic rings. The van der Waals surface area contributed by atoms with E-state index in [0.29, 0.717) is 6.42 Å². The van der Waals surface area contributed by atoms with E-state index < -0.39 is 0 Å². The quantitative estimate of drug-likeness (QED) is 0.601. The molecule has 1 amide bonds. The molecule has 0 aromatic heterocycles. The lowest BCUT2D eigenvalue weighted by Crippen LogP contribution is -3.24. The lowest BCUT2D eigenvalue weighted by Gasteiger charge is -2.36. The summed E-state index contributed by atoms with van der Waals surface area (Å²) in [5.74, 6) is 0.831. The molecule has 6 heteroatoms. The summed E-state index contributed by atoms with van der Waals surface area (Å²) in [6.45, 7) is 11.5. The van der Waals surface area contributed by atoms with E-state index in [1.807, 2.05) is 24.3 Å². The highest BCUT2D eigenvalue weighted by molar-refractivity contribution is 5.90. The number of nitrogens with two attached hydrogens (primary N) is 1. The van der Waals surface area contributed by atoms with Gasteiger partial charge in [-0.15, -0.1) is 0 Å². The minimum atomic E-state index is 0.0467. The molecule has 0 spiro atoms. The molecule has 0 radical (unpaired) electrons. The molecule has 0 aliphatic carbocycles. The Morgan fingerprint density at radius 2 is 1.96 bits per heavy atom. The minimum Gasteiger partial charge on any atom is -0.497 e. The van der Waals surface area contributed by atoms with Crippen LogP contribution in [0.15, 0.2) is 24.3 Å². The molecule has 1 aliphatic rings. The molecule has 0 saturated carbocycles. The molecule has 1 fully saturated rings. The second kappa shape index (κ2) is 9.17. The Labute approximate surface area is 150 Å². The summed E-state index contributed by atoms with van der Waals surface area (Å²) in [6, 6.07) is 7.65. The molecule has 0 bridgehead atoms. The summed E-state index contributed by atoms with van der Waals surface area (Å²) in [6.07, 6.45) is 0.501. The zero-order chi connectivity index (χ0) is 18.3. The Morgan fingerprint density at radius 3 is 2.56 bits per heavy atom. The number of nitrogens with one attached hydrogen (secondary N) is 2. The van der Waals surface area contributed by atoms with Gasteiger partial charge in [0.15, 0.2) is 0 Å². The lowest BCUT2D eigenvalue weighted by molar-refractivity contribution is -0.969. The Kier molecular flexibility index (Phi) is 7.23.